The van der Waals surface area contributed by atoms with Crippen LogP contribution in [0, 0.1) is 5.92 Å². The fourth-order valence-electron chi connectivity index (χ4n) is 0.302. The van der Waals surface area contributed by atoms with Crippen molar-refractivity contribution in [2.75, 3.05) is 0 Å². The Morgan fingerprint density at radius 1 is 1.67 bits per heavy atom. The molecule has 0 aromatic rings. The Kier molecular flexibility index (Phi) is 3.12. The lowest BCUT2D eigenvalue weighted by Gasteiger charge is -2.24. The van der Waals surface area contributed by atoms with E-state index in [1.807, 2.05) is 6.92 Å². The van der Waals surface area contributed by atoms with Crippen LogP contribution in [0.4, 0.5) is 0 Å². The van der Waals surface area contributed by atoms with E-state index in [1.165, 1.54) is 0 Å². The van der Waals surface area contributed by atoms with Gasteiger partial charge in [-0.1, -0.05) is 19.1 Å². The van der Waals surface area contributed by atoms with E-state index in [-0.39, 0.29) is 5.92 Å². The largest absolute Gasteiger partial charge is 0.390 e. The molecule has 54 valence electrons. The Hall–Kier alpha value is 0.400. The van der Waals surface area contributed by atoms with E-state index in [0.717, 1.165) is 0 Å². The molecule has 0 fully saturated rings. The van der Waals surface area contributed by atoms with Gasteiger partial charge < -0.3 is 5.11 Å². The number of thiol groups is 1. The van der Waals surface area contributed by atoms with Crippen LogP contribution >= 0.6 is 24.8 Å². The molecule has 1 nitrogen and oxygen atoms in total. The molecule has 0 aromatic heterocycles. The Labute approximate surface area is 66.9 Å². The molecule has 0 radical (unpaired) electrons. The molecule has 3 heteroatoms. The summed E-state index contributed by atoms with van der Waals surface area (Å²) in [6.07, 6.45) is 0. The van der Waals surface area contributed by atoms with Crippen molar-refractivity contribution >= 4 is 29.0 Å². The summed E-state index contributed by atoms with van der Waals surface area (Å²) in [4.78, 5) is 0. The molecular formula is C6H12OS2. The lowest BCUT2D eigenvalue weighted by molar-refractivity contribution is 0.0532. The first kappa shape index (κ1) is 9.40. The summed E-state index contributed by atoms with van der Waals surface area (Å²) in [5.74, 6) is -0.0316. The molecule has 1 atom stereocenters. The van der Waals surface area contributed by atoms with Crippen LogP contribution in [0.25, 0.3) is 0 Å². The van der Waals surface area contributed by atoms with Crippen molar-refractivity contribution in [3.8, 4) is 0 Å². The van der Waals surface area contributed by atoms with E-state index in [2.05, 4.69) is 12.6 Å². The maximum atomic E-state index is 9.32. The molecule has 0 rings (SSSR count). The topological polar surface area (TPSA) is 20.2 Å². The first-order chi connectivity index (χ1) is 3.85. The van der Waals surface area contributed by atoms with Gasteiger partial charge in [-0.05, 0) is 13.8 Å². The van der Waals surface area contributed by atoms with Crippen molar-refractivity contribution in [3.63, 3.8) is 0 Å². The molecule has 0 spiro atoms. The maximum absolute atomic E-state index is 9.32. The molecule has 0 aliphatic carbocycles. The normalized spacial score (nSPS) is 15.2. The minimum atomic E-state index is -0.737. The van der Waals surface area contributed by atoms with Crippen LogP contribution in [-0.4, -0.2) is 14.9 Å². The van der Waals surface area contributed by atoms with Gasteiger partial charge in [-0.2, -0.15) is 0 Å². The highest BCUT2D eigenvalue weighted by Crippen LogP contribution is 2.18. The minimum absolute atomic E-state index is 0.0316. The van der Waals surface area contributed by atoms with Crippen molar-refractivity contribution in [1.82, 2.24) is 0 Å². The Morgan fingerprint density at radius 2 is 2.00 bits per heavy atom. The van der Waals surface area contributed by atoms with Crippen LogP contribution < -0.4 is 0 Å². The molecule has 0 bridgehead atoms. The lowest BCUT2D eigenvalue weighted by atomic mass is 9.95. The number of aliphatic hydroxyl groups is 1. The first-order valence-electron chi connectivity index (χ1n) is 2.81. The van der Waals surface area contributed by atoms with Gasteiger partial charge in [-0.15, -0.1) is 12.6 Å². The predicted molar refractivity (Wildman–Crippen MR) is 47.0 cm³/mol. The van der Waals surface area contributed by atoms with Gasteiger partial charge in [0.15, 0.2) is 0 Å². The van der Waals surface area contributed by atoms with Crippen LogP contribution in [0.15, 0.2) is 0 Å². The third-order valence-electron chi connectivity index (χ3n) is 1.43. The summed E-state index contributed by atoms with van der Waals surface area (Å²) in [6, 6.07) is 0. The summed E-state index contributed by atoms with van der Waals surface area (Å²) in [7, 11) is 0. The van der Waals surface area contributed by atoms with Gasteiger partial charge >= 0.3 is 0 Å². The van der Waals surface area contributed by atoms with Crippen molar-refractivity contribution in [2.45, 2.75) is 26.4 Å². The zero-order valence-corrected chi connectivity index (χ0v) is 7.59. The number of rotatable bonds is 2. The highest BCUT2D eigenvalue weighted by Gasteiger charge is 2.23. The maximum Gasteiger partial charge on any atom is 0.0670 e. The second-order valence-electron chi connectivity index (χ2n) is 2.71. The van der Waals surface area contributed by atoms with E-state index >= 15 is 0 Å². The number of hydrogen-bond donors (Lipinski definition) is 2. The van der Waals surface area contributed by atoms with Crippen molar-refractivity contribution < 1.29 is 5.11 Å². The molecule has 0 saturated heterocycles. The van der Waals surface area contributed by atoms with Crippen LogP contribution in [0.2, 0.25) is 0 Å². The van der Waals surface area contributed by atoms with Crippen LogP contribution in [0.3, 0.4) is 0 Å². The predicted octanol–water partition coefficient (Wildman–Crippen LogP) is 1.65. The minimum Gasteiger partial charge on any atom is -0.390 e. The molecule has 0 amide bonds. The zero-order chi connectivity index (χ0) is 7.65. The molecule has 0 aromatic carbocycles. The highest BCUT2D eigenvalue weighted by atomic mass is 32.1. The highest BCUT2D eigenvalue weighted by molar-refractivity contribution is 8.11. The monoisotopic (exact) mass is 164 g/mol. The zero-order valence-electron chi connectivity index (χ0n) is 5.88. The summed E-state index contributed by atoms with van der Waals surface area (Å²) in [6.45, 7) is 5.30. The summed E-state index contributed by atoms with van der Waals surface area (Å²) in [5.41, 5.74) is -0.737. The fraction of sp³-hybridized carbons (Fsp3) is 0.833. The molecule has 0 aliphatic rings. The van der Waals surface area contributed by atoms with E-state index in [9.17, 15) is 5.11 Å². The average Bonchev–Trinajstić information content (AvgIpc) is 1.62. The SMILES string of the molecule is C[C@H](C(=S)S)C(C)(C)O. The molecule has 0 saturated carbocycles. The Balaban J connectivity index is 4.04. The van der Waals surface area contributed by atoms with Crippen molar-refractivity contribution in [1.29, 1.82) is 0 Å². The summed E-state index contributed by atoms with van der Waals surface area (Å²) in [5, 5.41) is 9.32. The quantitative estimate of drug-likeness (QED) is 0.478. The third kappa shape index (κ3) is 3.18. The van der Waals surface area contributed by atoms with Gasteiger partial charge in [-0.3, -0.25) is 0 Å². The average molecular weight is 164 g/mol. The number of hydrogen-bond acceptors (Lipinski definition) is 2. The van der Waals surface area contributed by atoms with Crippen LogP contribution in [0.1, 0.15) is 20.8 Å². The second kappa shape index (κ2) is 2.99. The van der Waals surface area contributed by atoms with Crippen LogP contribution in [-0.2, 0) is 0 Å². The van der Waals surface area contributed by atoms with Crippen molar-refractivity contribution in [2.24, 2.45) is 5.92 Å². The van der Waals surface area contributed by atoms with Crippen molar-refractivity contribution in [3.05, 3.63) is 0 Å². The summed E-state index contributed by atoms with van der Waals surface area (Å²) < 4.78 is 0.558. The summed E-state index contributed by atoms with van der Waals surface area (Å²) >= 11 is 8.73. The molecule has 0 aliphatic heterocycles. The fourth-order valence-corrected chi connectivity index (χ4v) is 0.907. The molecule has 9 heavy (non-hydrogen) atoms. The van der Waals surface area contributed by atoms with Gasteiger partial charge in [0, 0.05) is 5.92 Å². The Morgan fingerprint density at radius 3 is 2.00 bits per heavy atom. The van der Waals surface area contributed by atoms with E-state index in [1.54, 1.807) is 13.8 Å². The van der Waals surface area contributed by atoms with E-state index < -0.39 is 5.60 Å². The van der Waals surface area contributed by atoms with Gasteiger partial charge in [-0.25, -0.2) is 0 Å². The van der Waals surface area contributed by atoms with Gasteiger partial charge in [0.2, 0.25) is 0 Å². The second-order valence-corrected chi connectivity index (χ2v) is 3.94. The van der Waals surface area contributed by atoms with E-state index in [0.29, 0.717) is 4.20 Å². The third-order valence-corrected chi connectivity index (χ3v) is 2.17. The van der Waals surface area contributed by atoms with Gasteiger partial charge in [0.05, 0.1) is 9.80 Å². The van der Waals surface area contributed by atoms with Gasteiger partial charge in [0.1, 0.15) is 0 Å². The van der Waals surface area contributed by atoms with Crippen LogP contribution in [0.5, 0.6) is 0 Å². The number of thiocarbonyl (C=S) groups is 1. The van der Waals surface area contributed by atoms with E-state index in [4.69, 9.17) is 12.2 Å². The Bertz CT molecular complexity index is 115. The molecule has 0 heterocycles. The molecular weight excluding hydrogens is 152 g/mol. The molecule has 0 unspecified atom stereocenters. The van der Waals surface area contributed by atoms with Gasteiger partial charge in [0.25, 0.3) is 0 Å². The standard InChI is InChI=1S/C6H12OS2/c1-4(5(8)9)6(2,3)7/h4,7H,1-3H3,(H,8,9)/t4-/m1/s1. The smallest absolute Gasteiger partial charge is 0.0670 e. The lowest BCUT2D eigenvalue weighted by Crippen LogP contribution is -2.31. The first-order valence-corrected chi connectivity index (χ1v) is 3.66. The molecule has 1 N–H and O–H groups in total.